The van der Waals surface area contributed by atoms with Crippen LogP contribution in [0.25, 0.3) is 10.8 Å². The summed E-state index contributed by atoms with van der Waals surface area (Å²) in [6, 6.07) is 12.2. The van der Waals surface area contributed by atoms with Crippen molar-refractivity contribution in [1.29, 1.82) is 0 Å². The first-order valence-corrected chi connectivity index (χ1v) is 10.3. The molecule has 28 heavy (non-hydrogen) atoms. The fourth-order valence-electron chi connectivity index (χ4n) is 3.18. The maximum Gasteiger partial charge on any atom is 0.263 e. The van der Waals surface area contributed by atoms with Crippen molar-refractivity contribution in [2.75, 3.05) is 19.6 Å². The van der Waals surface area contributed by atoms with E-state index in [1.807, 2.05) is 25.1 Å². The van der Waals surface area contributed by atoms with E-state index in [4.69, 9.17) is 0 Å². The Kier molecular flexibility index (Phi) is 6.84. The number of hydrogen-bond donors (Lipinski definition) is 1. The average molecular weight is 396 g/mol. The van der Waals surface area contributed by atoms with Crippen LogP contribution in [0.3, 0.4) is 0 Å². The molecule has 1 atom stereocenters. The van der Waals surface area contributed by atoms with Gasteiger partial charge in [0.05, 0.1) is 11.7 Å². The minimum Gasteiger partial charge on any atom is -0.349 e. The lowest BCUT2D eigenvalue weighted by Gasteiger charge is -2.30. The van der Waals surface area contributed by atoms with Gasteiger partial charge in [-0.05, 0) is 31.6 Å². The van der Waals surface area contributed by atoms with Crippen LogP contribution in [0.2, 0.25) is 0 Å². The summed E-state index contributed by atoms with van der Waals surface area (Å²) >= 11 is 1.33. The molecule has 1 N–H and O–H groups in total. The summed E-state index contributed by atoms with van der Waals surface area (Å²) in [6.45, 7) is 8.50. The molecule has 1 amide bonds. The molecule has 0 radical (unpaired) electrons. The zero-order valence-electron chi connectivity index (χ0n) is 16.4. The van der Waals surface area contributed by atoms with Crippen LogP contribution in [0.5, 0.6) is 0 Å². The van der Waals surface area contributed by atoms with Gasteiger partial charge in [-0.15, -0.1) is 11.3 Å². The zero-order chi connectivity index (χ0) is 19.9. The lowest BCUT2D eigenvalue weighted by molar-refractivity contribution is 0.0938. The number of carbonyl (C=O) groups excluding carboxylic acids is 1. The summed E-state index contributed by atoms with van der Waals surface area (Å²) in [5, 5.41) is 3.76. The number of thiazole rings is 1. The maximum atomic E-state index is 12.8. The van der Waals surface area contributed by atoms with Gasteiger partial charge in [0.2, 0.25) is 0 Å². The number of benzene rings is 1. The van der Waals surface area contributed by atoms with Crippen molar-refractivity contribution in [2.24, 2.45) is 0 Å². The Bertz CT molecular complexity index is 894. The highest BCUT2D eigenvalue weighted by atomic mass is 32.1. The molecule has 2 aromatic heterocycles. The molecule has 6 nitrogen and oxygen atoms in total. The van der Waals surface area contributed by atoms with E-state index in [0.717, 1.165) is 13.1 Å². The first-order valence-electron chi connectivity index (χ1n) is 9.46. The van der Waals surface area contributed by atoms with Crippen LogP contribution < -0.4 is 5.32 Å². The van der Waals surface area contributed by atoms with E-state index in [0.29, 0.717) is 27.9 Å². The lowest BCUT2D eigenvalue weighted by Crippen LogP contribution is -2.38. The zero-order valence-corrected chi connectivity index (χ0v) is 17.2. The Balaban J connectivity index is 1.75. The molecule has 146 valence electrons. The first kappa shape index (κ1) is 20.1. The topological polar surface area (TPSA) is 71.0 Å². The molecule has 0 aliphatic heterocycles. The molecule has 1 aromatic carbocycles. The molecule has 2 heterocycles. The molecule has 3 aromatic rings. The van der Waals surface area contributed by atoms with Crippen LogP contribution in [0.4, 0.5) is 0 Å². The Hall–Kier alpha value is -2.64. The summed E-state index contributed by atoms with van der Waals surface area (Å²) < 4.78 is 0. The number of aromatic nitrogens is 3. The van der Waals surface area contributed by atoms with Gasteiger partial charge in [-0.1, -0.05) is 44.2 Å². The Morgan fingerprint density at radius 2 is 1.79 bits per heavy atom. The molecule has 0 saturated carbocycles. The van der Waals surface area contributed by atoms with Gasteiger partial charge in [0, 0.05) is 18.9 Å². The van der Waals surface area contributed by atoms with Crippen LogP contribution >= 0.6 is 11.3 Å². The number of hydrogen-bond acceptors (Lipinski definition) is 6. The van der Waals surface area contributed by atoms with Gasteiger partial charge in [-0.2, -0.15) is 0 Å². The summed E-state index contributed by atoms with van der Waals surface area (Å²) in [5.41, 5.74) is 1.90. The molecule has 3 rings (SSSR count). The SMILES string of the molecule is CCN(CC)[C@H](CNC(=O)c1sc(-c2ncccn2)nc1C)c1ccccc1. The van der Waals surface area contributed by atoms with E-state index >= 15 is 0 Å². The Morgan fingerprint density at radius 3 is 2.43 bits per heavy atom. The minimum atomic E-state index is -0.106. The van der Waals surface area contributed by atoms with Crippen LogP contribution in [0, 0.1) is 6.92 Å². The number of amides is 1. The lowest BCUT2D eigenvalue weighted by atomic mass is 10.1. The van der Waals surface area contributed by atoms with Crippen molar-refractivity contribution in [2.45, 2.75) is 26.8 Å². The van der Waals surface area contributed by atoms with Crippen LogP contribution in [0.1, 0.15) is 40.8 Å². The van der Waals surface area contributed by atoms with Gasteiger partial charge in [0.15, 0.2) is 10.8 Å². The van der Waals surface area contributed by atoms with E-state index in [1.54, 1.807) is 18.5 Å². The van der Waals surface area contributed by atoms with Gasteiger partial charge >= 0.3 is 0 Å². The van der Waals surface area contributed by atoms with E-state index in [2.05, 4.69) is 51.1 Å². The highest BCUT2D eigenvalue weighted by molar-refractivity contribution is 7.17. The molecular formula is C21H25N5OS. The molecule has 0 saturated heterocycles. The van der Waals surface area contributed by atoms with Crippen molar-refractivity contribution >= 4 is 17.2 Å². The van der Waals surface area contributed by atoms with Gasteiger partial charge in [-0.25, -0.2) is 15.0 Å². The molecule has 7 heteroatoms. The number of likely N-dealkylation sites (N-methyl/N-ethyl adjacent to an activating group) is 1. The predicted octanol–water partition coefficient (Wildman–Crippen LogP) is 3.72. The largest absolute Gasteiger partial charge is 0.349 e. The van der Waals surface area contributed by atoms with E-state index in [-0.39, 0.29) is 11.9 Å². The maximum absolute atomic E-state index is 12.8. The standard InChI is InChI=1S/C21H25N5OS/c1-4-26(5-2)17(16-10-7-6-8-11-16)14-24-20(27)18-15(3)25-21(28-18)19-22-12-9-13-23-19/h6-13,17H,4-5,14H2,1-3H3,(H,24,27)/t17-/m1/s1. The second kappa shape index (κ2) is 9.52. The fourth-order valence-corrected chi connectivity index (χ4v) is 4.11. The number of nitrogens with one attached hydrogen (secondary N) is 1. The number of rotatable bonds is 8. The van der Waals surface area contributed by atoms with Crippen LogP contribution in [0.15, 0.2) is 48.8 Å². The van der Waals surface area contributed by atoms with E-state index in [9.17, 15) is 4.79 Å². The molecule has 0 aliphatic rings. The van der Waals surface area contributed by atoms with E-state index < -0.39 is 0 Å². The van der Waals surface area contributed by atoms with Crippen molar-refractivity contribution < 1.29 is 4.79 Å². The van der Waals surface area contributed by atoms with Gasteiger partial charge in [-0.3, -0.25) is 9.69 Å². The third-order valence-electron chi connectivity index (χ3n) is 4.65. The van der Waals surface area contributed by atoms with Crippen LogP contribution in [-0.4, -0.2) is 45.4 Å². The Morgan fingerprint density at radius 1 is 1.11 bits per heavy atom. The molecular weight excluding hydrogens is 370 g/mol. The van der Waals surface area contributed by atoms with E-state index in [1.165, 1.54) is 16.9 Å². The van der Waals surface area contributed by atoms with Crippen molar-refractivity contribution in [3.05, 3.63) is 64.9 Å². The third-order valence-corrected chi connectivity index (χ3v) is 5.81. The minimum absolute atomic E-state index is 0.106. The summed E-state index contributed by atoms with van der Waals surface area (Å²) in [5.74, 6) is 0.435. The molecule has 0 aliphatic carbocycles. The fraction of sp³-hybridized carbons (Fsp3) is 0.333. The quantitative estimate of drug-likeness (QED) is 0.629. The van der Waals surface area contributed by atoms with Crippen molar-refractivity contribution in [3.63, 3.8) is 0 Å². The summed E-state index contributed by atoms with van der Waals surface area (Å²) in [4.78, 5) is 28.7. The molecule has 0 spiro atoms. The summed E-state index contributed by atoms with van der Waals surface area (Å²) in [6.07, 6.45) is 3.35. The second-order valence-electron chi connectivity index (χ2n) is 6.36. The Labute approximate surface area is 169 Å². The predicted molar refractivity (Wildman–Crippen MR) is 112 cm³/mol. The monoisotopic (exact) mass is 395 g/mol. The van der Waals surface area contributed by atoms with Gasteiger partial charge < -0.3 is 5.32 Å². The number of carbonyl (C=O) groups is 1. The number of nitrogens with zero attached hydrogens (tertiary/aromatic N) is 4. The van der Waals surface area contributed by atoms with Crippen molar-refractivity contribution in [3.8, 4) is 10.8 Å². The number of aryl methyl sites for hydroxylation is 1. The third kappa shape index (κ3) is 4.61. The van der Waals surface area contributed by atoms with Crippen LogP contribution in [-0.2, 0) is 0 Å². The van der Waals surface area contributed by atoms with Gasteiger partial charge in [0.25, 0.3) is 5.91 Å². The smallest absolute Gasteiger partial charge is 0.263 e. The van der Waals surface area contributed by atoms with Gasteiger partial charge in [0.1, 0.15) is 4.88 Å². The summed E-state index contributed by atoms with van der Waals surface area (Å²) in [7, 11) is 0. The van der Waals surface area contributed by atoms with Crippen molar-refractivity contribution in [1.82, 2.24) is 25.2 Å². The second-order valence-corrected chi connectivity index (χ2v) is 7.36. The highest BCUT2D eigenvalue weighted by Gasteiger charge is 2.21. The molecule has 0 bridgehead atoms. The first-order chi connectivity index (χ1) is 13.6. The highest BCUT2D eigenvalue weighted by Crippen LogP contribution is 2.25. The molecule has 0 unspecified atom stereocenters. The molecule has 0 fully saturated rings. The normalized spacial score (nSPS) is 12.1. The average Bonchev–Trinajstić information content (AvgIpc) is 3.14.